The molecule has 4 heteroatoms. The minimum Gasteiger partial charge on any atom is -0.392 e. The van der Waals surface area contributed by atoms with Gasteiger partial charge >= 0.3 is 0 Å². The fourth-order valence-corrected chi connectivity index (χ4v) is 1.69. The van der Waals surface area contributed by atoms with Crippen LogP contribution in [0, 0.1) is 6.92 Å². The minimum absolute atomic E-state index is 0.0722. The molecule has 0 radical (unpaired) electrons. The number of halogens is 1. The number of benzene rings is 1. The van der Waals surface area contributed by atoms with Crippen LogP contribution in [0.15, 0.2) is 12.1 Å². The van der Waals surface area contributed by atoms with Crippen LogP contribution in [0.2, 0.25) is 5.02 Å². The predicted molar refractivity (Wildman–Crippen MR) is 55.0 cm³/mol. The number of amides is 1. The van der Waals surface area contributed by atoms with Crippen LogP contribution in [0.4, 0.5) is 0 Å². The fraction of sp³-hybridized carbons (Fsp3) is 0.300. The Morgan fingerprint density at radius 3 is 2.86 bits per heavy atom. The van der Waals surface area contributed by atoms with E-state index in [2.05, 4.69) is 5.32 Å². The summed E-state index contributed by atoms with van der Waals surface area (Å²) in [4.78, 5) is 10.1. The van der Waals surface area contributed by atoms with Gasteiger partial charge < -0.3 is 10.4 Å². The number of rotatable bonds is 4. The molecule has 2 N–H and O–H groups in total. The van der Waals surface area contributed by atoms with Gasteiger partial charge in [-0.05, 0) is 29.7 Å². The van der Waals surface area contributed by atoms with Crippen molar-refractivity contribution in [2.24, 2.45) is 0 Å². The van der Waals surface area contributed by atoms with E-state index in [0.717, 1.165) is 16.7 Å². The summed E-state index contributed by atoms with van der Waals surface area (Å²) in [6.07, 6.45) is 0.608. The summed E-state index contributed by atoms with van der Waals surface area (Å²) in [6, 6.07) is 3.66. The summed E-state index contributed by atoms with van der Waals surface area (Å²) in [5.41, 5.74) is 2.52. The summed E-state index contributed by atoms with van der Waals surface area (Å²) in [6.45, 7) is 2.18. The molecular formula is C10H12ClNO2. The van der Waals surface area contributed by atoms with Gasteiger partial charge in [-0.1, -0.05) is 17.7 Å². The standard InChI is InChI=1S/C10H12ClNO2/c1-7-2-8(5-13)9(4-12-6-14)10(11)3-7/h2-3,6,13H,4-5H2,1H3,(H,12,14). The number of hydrogen-bond donors (Lipinski definition) is 2. The third-order valence-electron chi connectivity index (χ3n) is 1.96. The van der Waals surface area contributed by atoms with Crippen LogP contribution in [0.25, 0.3) is 0 Å². The summed E-state index contributed by atoms with van der Waals surface area (Å²) in [5.74, 6) is 0. The number of aliphatic hydroxyl groups is 1. The zero-order valence-corrected chi connectivity index (χ0v) is 8.64. The van der Waals surface area contributed by atoms with E-state index in [-0.39, 0.29) is 6.61 Å². The van der Waals surface area contributed by atoms with Gasteiger partial charge in [-0.25, -0.2) is 0 Å². The van der Waals surface area contributed by atoms with Crippen LogP contribution in [0.3, 0.4) is 0 Å². The molecule has 0 aliphatic rings. The highest BCUT2D eigenvalue weighted by Gasteiger charge is 2.06. The lowest BCUT2D eigenvalue weighted by molar-refractivity contribution is -0.109. The lowest BCUT2D eigenvalue weighted by Gasteiger charge is -2.10. The molecule has 0 spiro atoms. The van der Waals surface area contributed by atoms with Crippen molar-refractivity contribution in [2.45, 2.75) is 20.1 Å². The highest BCUT2D eigenvalue weighted by atomic mass is 35.5. The first-order valence-electron chi connectivity index (χ1n) is 4.24. The average molecular weight is 214 g/mol. The molecule has 76 valence electrons. The van der Waals surface area contributed by atoms with E-state index in [4.69, 9.17) is 16.7 Å². The molecule has 0 fully saturated rings. The SMILES string of the molecule is Cc1cc(Cl)c(CNC=O)c(CO)c1. The summed E-state index contributed by atoms with van der Waals surface area (Å²) >= 11 is 5.98. The number of hydrogen-bond acceptors (Lipinski definition) is 2. The van der Waals surface area contributed by atoms with Crippen LogP contribution in [-0.4, -0.2) is 11.5 Å². The molecular weight excluding hydrogens is 202 g/mol. The fourth-order valence-electron chi connectivity index (χ4n) is 1.33. The van der Waals surface area contributed by atoms with Crippen molar-refractivity contribution in [2.75, 3.05) is 0 Å². The Balaban J connectivity index is 3.04. The first-order chi connectivity index (χ1) is 6.69. The van der Waals surface area contributed by atoms with E-state index >= 15 is 0 Å². The Labute approximate surface area is 87.7 Å². The van der Waals surface area contributed by atoms with E-state index in [1.54, 1.807) is 0 Å². The smallest absolute Gasteiger partial charge is 0.207 e. The Morgan fingerprint density at radius 1 is 1.57 bits per heavy atom. The summed E-state index contributed by atoms with van der Waals surface area (Å²) < 4.78 is 0. The maximum atomic E-state index is 10.1. The largest absolute Gasteiger partial charge is 0.392 e. The van der Waals surface area contributed by atoms with Gasteiger partial charge in [0.15, 0.2) is 0 Å². The van der Waals surface area contributed by atoms with E-state index in [0.29, 0.717) is 18.0 Å². The van der Waals surface area contributed by atoms with E-state index in [9.17, 15) is 4.79 Å². The number of carbonyl (C=O) groups is 1. The third kappa shape index (κ3) is 2.47. The van der Waals surface area contributed by atoms with E-state index in [1.165, 1.54) is 0 Å². The molecule has 0 aliphatic carbocycles. The van der Waals surface area contributed by atoms with Crippen molar-refractivity contribution in [3.8, 4) is 0 Å². The normalized spacial score (nSPS) is 9.93. The van der Waals surface area contributed by atoms with Crippen molar-refractivity contribution in [1.29, 1.82) is 0 Å². The lowest BCUT2D eigenvalue weighted by Crippen LogP contribution is -2.12. The van der Waals surface area contributed by atoms with Gasteiger partial charge in [-0.3, -0.25) is 4.79 Å². The molecule has 0 aromatic heterocycles. The molecule has 0 aliphatic heterocycles. The van der Waals surface area contributed by atoms with Gasteiger partial charge in [0.25, 0.3) is 0 Å². The maximum Gasteiger partial charge on any atom is 0.207 e. The first-order valence-corrected chi connectivity index (χ1v) is 4.62. The number of carbonyl (C=O) groups excluding carboxylic acids is 1. The van der Waals surface area contributed by atoms with Crippen LogP contribution in [0.1, 0.15) is 16.7 Å². The molecule has 3 nitrogen and oxygen atoms in total. The van der Waals surface area contributed by atoms with Crippen molar-refractivity contribution in [3.63, 3.8) is 0 Å². The molecule has 0 saturated heterocycles. The van der Waals surface area contributed by atoms with Crippen molar-refractivity contribution in [1.82, 2.24) is 5.32 Å². The first kappa shape index (κ1) is 11.0. The molecule has 1 aromatic carbocycles. The zero-order chi connectivity index (χ0) is 10.6. The molecule has 0 atom stereocenters. The van der Waals surface area contributed by atoms with Gasteiger partial charge in [0.2, 0.25) is 6.41 Å². The minimum atomic E-state index is -0.0722. The molecule has 1 amide bonds. The Kier molecular flexibility index (Phi) is 3.92. The maximum absolute atomic E-state index is 10.1. The second kappa shape index (κ2) is 4.98. The number of aliphatic hydroxyl groups excluding tert-OH is 1. The average Bonchev–Trinajstić information content (AvgIpc) is 2.15. The molecule has 1 aromatic rings. The van der Waals surface area contributed by atoms with Gasteiger partial charge in [-0.15, -0.1) is 0 Å². The predicted octanol–water partition coefficient (Wildman–Crippen LogP) is 1.39. The third-order valence-corrected chi connectivity index (χ3v) is 2.30. The second-order valence-electron chi connectivity index (χ2n) is 3.04. The molecule has 14 heavy (non-hydrogen) atoms. The second-order valence-corrected chi connectivity index (χ2v) is 3.45. The molecule has 1 rings (SSSR count). The van der Waals surface area contributed by atoms with Crippen LogP contribution >= 0.6 is 11.6 Å². The van der Waals surface area contributed by atoms with Crippen molar-refractivity contribution >= 4 is 18.0 Å². The Bertz CT molecular complexity index is 339. The van der Waals surface area contributed by atoms with Crippen LogP contribution < -0.4 is 5.32 Å². The summed E-state index contributed by atoms with van der Waals surface area (Å²) in [7, 11) is 0. The lowest BCUT2D eigenvalue weighted by atomic mass is 10.0. The number of nitrogens with one attached hydrogen (secondary N) is 1. The highest BCUT2D eigenvalue weighted by molar-refractivity contribution is 6.31. The van der Waals surface area contributed by atoms with E-state index in [1.807, 2.05) is 19.1 Å². The van der Waals surface area contributed by atoms with Gasteiger partial charge in [0.05, 0.1) is 6.61 Å². The van der Waals surface area contributed by atoms with Crippen LogP contribution in [0.5, 0.6) is 0 Å². The molecule has 0 heterocycles. The van der Waals surface area contributed by atoms with E-state index < -0.39 is 0 Å². The van der Waals surface area contributed by atoms with Gasteiger partial charge in [0.1, 0.15) is 0 Å². The number of aryl methyl sites for hydroxylation is 1. The van der Waals surface area contributed by atoms with Gasteiger partial charge in [-0.2, -0.15) is 0 Å². The highest BCUT2D eigenvalue weighted by Crippen LogP contribution is 2.22. The van der Waals surface area contributed by atoms with Gasteiger partial charge in [0, 0.05) is 11.6 Å². The molecule has 0 bridgehead atoms. The monoisotopic (exact) mass is 213 g/mol. The van der Waals surface area contributed by atoms with Crippen LogP contribution in [-0.2, 0) is 17.9 Å². The van der Waals surface area contributed by atoms with Crippen molar-refractivity contribution in [3.05, 3.63) is 33.8 Å². The van der Waals surface area contributed by atoms with Crippen molar-refractivity contribution < 1.29 is 9.90 Å². The Morgan fingerprint density at radius 2 is 2.29 bits per heavy atom. The Hall–Kier alpha value is -1.06. The molecule has 0 unspecified atom stereocenters. The topological polar surface area (TPSA) is 49.3 Å². The zero-order valence-electron chi connectivity index (χ0n) is 7.88. The quantitative estimate of drug-likeness (QED) is 0.743. The molecule has 0 saturated carbocycles. The summed E-state index contributed by atoms with van der Waals surface area (Å²) in [5, 5.41) is 12.2.